The third-order valence-electron chi connectivity index (χ3n) is 2.33. The maximum absolute atomic E-state index is 4.97. The quantitative estimate of drug-likeness (QED) is 0.285. The normalized spacial score (nSPS) is 9.83. The van der Waals surface area contributed by atoms with Crippen LogP contribution in [0.25, 0.3) is 0 Å². The van der Waals surface area contributed by atoms with Crippen molar-refractivity contribution in [3.05, 3.63) is 16.0 Å². The van der Waals surface area contributed by atoms with Gasteiger partial charge in [0, 0.05) is 6.54 Å². The molecule has 7 heteroatoms. The second-order valence-electron chi connectivity index (χ2n) is 3.82. The van der Waals surface area contributed by atoms with E-state index < -0.39 is 0 Å². The summed E-state index contributed by atoms with van der Waals surface area (Å²) < 4.78 is 0.916. The maximum atomic E-state index is 4.97. The molecule has 0 amide bonds. The van der Waals surface area contributed by atoms with Crippen LogP contribution in [0.15, 0.2) is 0 Å². The molecule has 4 nitrogen and oxygen atoms in total. The molecule has 3 N–H and O–H groups in total. The summed E-state index contributed by atoms with van der Waals surface area (Å²) in [5.74, 6) is 0.652. The Balaban J connectivity index is 0.00000289. The van der Waals surface area contributed by atoms with Crippen molar-refractivity contribution in [2.24, 2.45) is 0 Å². The summed E-state index contributed by atoms with van der Waals surface area (Å²) in [5.41, 5.74) is 0. The van der Waals surface area contributed by atoms with Crippen LogP contribution in [-0.2, 0) is 0 Å². The van der Waals surface area contributed by atoms with Crippen molar-refractivity contribution in [1.82, 2.24) is 15.0 Å². The molecule has 0 aromatic carbocycles. The Labute approximate surface area is 131 Å². The number of H-pyrrole nitrogens is 2. The molecule has 0 saturated heterocycles. The first-order valence-corrected chi connectivity index (χ1v) is 6.80. The van der Waals surface area contributed by atoms with Gasteiger partial charge < -0.3 is 21.7 Å². The summed E-state index contributed by atoms with van der Waals surface area (Å²) in [5, 5.41) is 3.19. The van der Waals surface area contributed by atoms with Crippen molar-refractivity contribution in [1.29, 1.82) is 0 Å². The summed E-state index contributed by atoms with van der Waals surface area (Å²) in [6.07, 6.45) is 8.32. The van der Waals surface area contributed by atoms with Gasteiger partial charge in [0.05, 0.1) is 0 Å². The number of hydrogen-bond acceptors (Lipinski definition) is 4. The molecule has 1 rings (SSSR count). The van der Waals surface area contributed by atoms with E-state index in [1.54, 1.807) is 0 Å². The van der Waals surface area contributed by atoms with Crippen molar-refractivity contribution in [2.75, 3.05) is 11.9 Å². The summed E-state index contributed by atoms with van der Waals surface area (Å²) in [7, 11) is 0. The van der Waals surface area contributed by atoms with E-state index in [4.69, 9.17) is 24.4 Å². The number of unbranched alkanes of at least 4 members (excludes halogenated alkanes) is 5. The number of rotatable bonds is 8. The van der Waals surface area contributed by atoms with Crippen LogP contribution in [0.2, 0.25) is 0 Å². The van der Waals surface area contributed by atoms with Gasteiger partial charge in [-0.2, -0.15) is 17.8 Å². The van der Waals surface area contributed by atoms with Gasteiger partial charge in [0.2, 0.25) is 10.7 Å². The average Bonchev–Trinajstić information content (AvgIpc) is 2.26. The van der Waals surface area contributed by atoms with Crippen molar-refractivity contribution in [3.8, 4) is 0 Å². The molecule has 0 fully saturated rings. The van der Waals surface area contributed by atoms with E-state index in [0.29, 0.717) is 15.5 Å². The molecular formula is C11H19LiN4S2. The number of nitrogens with zero attached hydrogens (tertiary/aromatic N) is 1. The molecule has 1 heterocycles. The Kier molecular flexibility index (Phi) is 10.6. The zero-order valence-electron chi connectivity index (χ0n) is 11.1. The molecule has 0 aliphatic carbocycles. The van der Waals surface area contributed by atoms with E-state index in [2.05, 4.69) is 33.6 Å². The second-order valence-corrected chi connectivity index (χ2v) is 4.61. The maximum Gasteiger partial charge on any atom is 1.00 e. The van der Waals surface area contributed by atoms with Crippen LogP contribution >= 0.6 is 24.4 Å². The Morgan fingerprint density at radius 1 is 1.22 bits per heavy atom. The summed E-state index contributed by atoms with van der Waals surface area (Å²) in [6.45, 7) is 3.07. The van der Waals surface area contributed by atoms with E-state index in [0.717, 1.165) is 13.0 Å². The minimum absolute atomic E-state index is 0. The molecule has 0 aliphatic heterocycles. The van der Waals surface area contributed by atoms with Gasteiger partial charge in [0.1, 0.15) is 0 Å². The molecule has 96 valence electrons. The fourth-order valence-electron chi connectivity index (χ4n) is 1.48. The van der Waals surface area contributed by atoms with E-state index in [1.807, 2.05) is 0 Å². The average molecular weight is 278 g/mol. The Morgan fingerprint density at radius 2 is 2.00 bits per heavy atom. The number of aromatic nitrogens is 3. The van der Waals surface area contributed by atoms with Crippen molar-refractivity contribution in [3.63, 3.8) is 0 Å². The van der Waals surface area contributed by atoms with E-state index in [9.17, 15) is 0 Å². The van der Waals surface area contributed by atoms with E-state index in [1.165, 1.54) is 25.7 Å². The molecule has 0 unspecified atom stereocenters. The number of aromatic amines is 2. The standard InChI is InChI=1S/C11H19N4S2.Li/c1-2-3-4-5-6-7-8-12-9-13-10(16)15-11(17)14-9;/h3H,2,4-8H2,1H3,(H3,12,13,14,15,16,17);/q-1;+1. The zero-order chi connectivity index (χ0) is 12.5. The fourth-order valence-corrected chi connectivity index (χ4v) is 1.93. The van der Waals surface area contributed by atoms with Gasteiger partial charge in [-0.25, -0.2) is 0 Å². The Hall–Kier alpha value is -0.153. The van der Waals surface area contributed by atoms with Gasteiger partial charge in [-0.1, -0.05) is 19.8 Å². The summed E-state index contributed by atoms with van der Waals surface area (Å²) >= 11 is 9.91. The van der Waals surface area contributed by atoms with Crippen LogP contribution in [0.5, 0.6) is 0 Å². The third-order valence-corrected chi connectivity index (χ3v) is 2.73. The SMILES string of the molecule is CC[CH-]CCCCCNc1nc(=S)[nH]c(=S)[nH]1.[Li+]. The predicted octanol–water partition coefficient (Wildman–Crippen LogP) is 0.787. The van der Waals surface area contributed by atoms with Crippen molar-refractivity contribution >= 4 is 30.4 Å². The smallest absolute Gasteiger partial charge is 0.356 e. The Morgan fingerprint density at radius 3 is 2.67 bits per heavy atom. The molecule has 1 aromatic rings. The molecule has 0 atom stereocenters. The number of hydrogen-bond donors (Lipinski definition) is 3. The summed E-state index contributed by atoms with van der Waals surface area (Å²) in [4.78, 5) is 9.78. The summed E-state index contributed by atoms with van der Waals surface area (Å²) in [6, 6.07) is 0. The molecule has 18 heavy (non-hydrogen) atoms. The van der Waals surface area contributed by atoms with E-state index in [-0.39, 0.29) is 18.9 Å². The van der Waals surface area contributed by atoms with Gasteiger partial charge in [-0.15, -0.1) is 0 Å². The second kappa shape index (κ2) is 10.7. The molecule has 1 aromatic heterocycles. The van der Waals surface area contributed by atoms with Crippen LogP contribution in [0.3, 0.4) is 0 Å². The first-order valence-electron chi connectivity index (χ1n) is 5.98. The van der Waals surface area contributed by atoms with Crippen LogP contribution in [0.4, 0.5) is 5.95 Å². The molecule has 0 saturated carbocycles. The third kappa shape index (κ3) is 8.04. The van der Waals surface area contributed by atoms with Crippen molar-refractivity contribution in [2.45, 2.75) is 39.0 Å². The van der Waals surface area contributed by atoms with Gasteiger partial charge in [-0.3, -0.25) is 0 Å². The van der Waals surface area contributed by atoms with E-state index >= 15 is 0 Å². The zero-order valence-corrected chi connectivity index (χ0v) is 12.7. The first kappa shape index (κ1) is 17.8. The number of anilines is 1. The van der Waals surface area contributed by atoms with Crippen molar-refractivity contribution < 1.29 is 18.9 Å². The molecule has 0 bridgehead atoms. The molecule has 0 radical (unpaired) electrons. The topological polar surface area (TPSA) is 56.5 Å². The molecule has 0 spiro atoms. The minimum atomic E-state index is 0. The monoisotopic (exact) mass is 278 g/mol. The molecule has 0 aliphatic rings. The fraction of sp³-hybridized carbons (Fsp3) is 0.636. The largest absolute Gasteiger partial charge is 1.00 e. The van der Waals surface area contributed by atoms with Gasteiger partial charge in [0.15, 0.2) is 4.77 Å². The predicted molar refractivity (Wildman–Crippen MR) is 76.2 cm³/mol. The molecular weight excluding hydrogens is 259 g/mol. The number of nitrogens with one attached hydrogen (secondary N) is 3. The van der Waals surface area contributed by atoms with Gasteiger partial charge in [0.25, 0.3) is 0 Å². The van der Waals surface area contributed by atoms with Crippen LogP contribution in [0.1, 0.15) is 39.0 Å². The van der Waals surface area contributed by atoms with Gasteiger partial charge >= 0.3 is 18.9 Å². The minimum Gasteiger partial charge on any atom is -0.356 e. The van der Waals surface area contributed by atoms with Crippen LogP contribution < -0.4 is 24.2 Å². The van der Waals surface area contributed by atoms with Crippen LogP contribution in [0, 0.1) is 16.0 Å². The van der Waals surface area contributed by atoms with Gasteiger partial charge in [-0.05, 0) is 30.9 Å². The van der Waals surface area contributed by atoms with Crippen LogP contribution in [-0.4, -0.2) is 21.5 Å². The first-order chi connectivity index (χ1) is 8.22. The Bertz CT molecular complexity index is 401.